The topological polar surface area (TPSA) is 127 Å². The van der Waals surface area contributed by atoms with E-state index >= 15 is 4.39 Å². The molecule has 2 heterocycles. The Balaban J connectivity index is 1.74. The Kier molecular flexibility index (Phi) is 9.77. The lowest BCUT2D eigenvalue weighted by Gasteiger charge is -2.38. The summed E-state index contributed by atoms with van der Waals surface area (Å²) in [4.78, 5) is 32.0. The number of nitrogens with zero attached hydrogens (tertiary/aromatic N) is 2. The lowest BCUT2D eigenvalue weighted by atomic mass is 9.79. The van der Waals surface area contributed by atoms with Crippen LogP contribution in [0.4, 0.5) is 14.9 Å². The molecule has 2 aromatic rings. The Morgan fingerprint density at radius 1 is 1.05 bits per heavy atom. The fourth-order valence-corrected chi connectivity index (χ4v) is 6.41. The zero-order chi connectivity index (χ0) is 32.5. The van der Waals surface area contributed by atoms with Gasteiger partial charge in [0.2, 0.25) is 15.9 Å². The molecule has 1 aliphatic heterocycles. The minimum Gasteiger partial charge on any atom is -0.444 e. The molecule has 0 bridgehead atoms. The molecule has 1 aromatic carbocycles. The second kappa shape index (κ2) is 12.7. The van der Waals surface area contributed by atoms with Crippen molar-refractivity contribution in [3.05, 3.63) is 59.7 Å². The first-order valence-corrected chi connectivity index (χ1v) is 16.5. The molecule has 0 unspecified atom stereocenters. The second-order valence-corrected chi connectivity index (χ2v) is 16.2. The van der Waals surface area contributed by atoms with Gasteiger partial charge in [0.05, 0.1) is 28.6 Å². The van der Waals surface area contributed by atoms with Gasteiger partial charge in [-0.3, -0.25) is 14.7 Å². The van der Waals surface area contributed by atoms with E-state index in [-0.39, 0.29) is 18.7 Å². The summed E-state index contributed by atoms with van der Waals surface area (Å²) in [5.74, 6) is -0.823. The number of hydrogen-bond acceptors (Lipinski definition) is 7. The minimum absolute atomic E-state index is 0.127. The average molecular weight is 633 g/mol. The van der Waals surface area contributed by atoms with Crippen molar-refractivity contribution in [3.8, 4) is 0 Å². The van der Waals surface area contributed by atoms with Crippen LogP contribution < -0.4 is 10.0 Å². The maximum absolute atomic E-state index is 15.4. The molecule has 2 amide bonds. The first kappa shape index (κ1) is 33.8. The number of amides is 2. The zero-order valence-corrected chi connectivity index (χ0v) is 27.5. The van der Waals surface area contributed by atoms with Crippen molar-refractivity contribution in [2.24, 2.45) is 5.92 Å². The highest BCUT2D eigenvalue weighted by Crippen LogP contribution is 2.43. The third-order valence-corrected chi connectivity index (χ3v) is 10.4. The Morgan fingerprint density at radius 3 is 2.27 bits per heavy atom. The molecule has 2 aliphatic rings. The predicted molar refractivity (Wildman–Crippen MR) is 166 cm³/mol. The Morgan fingerprint density at radius 2 is 1.70 bits per heavy atom. The lowest BCUT2D eigenvalue weighted by Crippen LogP contribution is -2.52. The number of carbonyl (C=O) groups excluding carboxylic acids is 2. The molecular weight excluding hydrogens is 587 g/mol. The van der Waals surface area contributed by atoms with E-state index in [0.717, 1.165) is 19.3 Å². The van der Waals surface area contributed by atoms with Crippen molar-refractivity contribution in [2.45, 2.75) is 102 Å². The number of nitrogens with one attached hydrogen (secondary N) is 2. The van der Waals surface area contributed by atoms with Crippen molar-refractivity contribution in [2.75, 3.05) is 19.0 Å². The molecule has 1 saturated heterocycles. The van der Waals surface area contributed by atoms with Gasteiger partial charge in [-0.05, 0) is 95.7 Å². The van der Waals surface area contributed by atoms with Crippen molar-refractivity contribution < 1.29 is 31.9 Å². The van der Waals surface area contributed by atoms with Gasteiger partial charge in [0.1, 0.15) is 17.5 Å². The minimum atomic E-state index is -3.90. The average Bonchev–Trinajstić information content (AvgIpc) is 3.66. The van der Waals surface area contributed by atoms with E-state index in [9.17, 15) is 18.0 Å². The molecule has 1 aromatic heterocycles. The van der Waals surface area contributed by atoms with Gasteiger partial charge in [0, 0.05) is 25.9 Å². The van der Waals surface area contributed by atoms with Gasteiger partial charge in [0.15, 0.2) is 0 Å². The molecule has 2 N–H and O–H groups in total. The van der Waals surface area contributed by atoms with E-state index < -0.39 is 55.9 Å². The van der Waals surface area contributed by atoms with E-state index in [2.05, 4.69) is 15.0 Å². The van der Waals surface area contributed by atoms with Gasteiger partial charge in [-0.1, -0.05) is 18.9 Å². The molecule has 3 atom stereocenters. The number of hydrogen-bond donors (Lipinski definition) is 2. The highest BCUT2D eigenvalue weighted by molar-refractivity contribution is 7.90. The monoisotopic (exact) mass is 632 g/mol. The predicted octanol–water partition coefficient (Wildman–Crippen LogP) is 5.34. The van der Waals surface area contributed by atoms with Gasteiger partial charge in [-0.15, -0.1) is 0 Å². The summed E-state index contributed by atoms with van der Waals surface area (Å²) in [6.07, 6.45) is 5.63. The number of rotatable bonds is 10. The summed E-state index contributed by atoms with van der Waals surface area (Å²) in [7, 11) is -2.40. The SMILES string of the molecule is CO[C@@H]1C[C@H](C(=O)Nc2cc([C@@](CCC3CC3)(NS(=O)(=O)C(C)(C)C)c3ccncc3)ccc2F)N(C(=O)OC(C)(C)C)C1. The summed E-state index contributed by atoms with van der Waals surface area (Å²) in [5.41, 5.74) is -1.04. The summed E-state index contributed by atoms with van der Waals surface area (Å²) in [6.45, 7) is 10.2. The maximum atomic E-state index is 15.4. The molecule has 10 nitrogen and oxygen atoms in total. The van der Waals surface area contributed by atoms with E-state index in [0.29, 0.717) is 23.5 Å². The number of methoxy groups -OCH3 is 1. The molecule has 0 radical (unpaired) electrons. The van der Waals surface area contributed by atoms with E-state index in [1.54, 1.807) is 72.1 Å². The molecule has 2 fully saturated rings. The highest BCUT2D eigenvalue weighted by Gasteiger charge is 2.45. The van der Waals surface area contributed by atoms with Crippen molar-refractivity contribution in [1.29, 1.82) is 0 Å². The van der Waals surface area contributed by atoms with Crippen LogP contribution in [0.5, 0.6) is 0 Å². The standard InChI is InChI=1S/C32H45FN4O6S/c1-30(2,3)43-29(39)37-20-24(42-7)19-27(37)28(38)35-26-18-23(10-11-25(26)33)32(15-12-21-8-9-21,22-13-16-34-17-14-22)36-44(40,41)31(4,5)6/h10-11,13-14,16-18,21,24,27,36H,8-9,12,15,19-20H2,1-7H3,(H,35,38)/t24-,27-,32+/m1/s1. The first-order valence-electron chi connectivity index (χ1n) is 15.0. The number of benzene rings is 1. The van der Waals surface area contributed by atoms with Crippen molar-refractivity contribution in [1.82, 2.24) is 14.6 Å². The quantitative estimate of drug-likeness (QED) is 0.362. The van der Waals surface area contributed by atoms with E-state index in [4.69, 9.17) is 9.47 Å². The van der Waals surface area contributed by atoms with Crippen molar-refractivity contribution >= 4 is 27.7 Å². The molecule has 0 spiro atoms. The van der Waals surface area contributed by atoms with E-state index in [1.165, 1.54) is 24.1 Å². The normalized spacial score (nSPS) is 20.7. The van der Waals surface area contributed by atoms with Crippen LogP contribution >= 0.6 is 0 Å². The molecule has 1 saturated carbocycles. The van der Waals surface area contributed by atoms with Crippen LogP contribution in [-0.2, 0) is 29.8 Å². The van der Waals surface area contributed by atoms with Gasteiger partial charge >= 0.3 is 6.09 Å². The van der Waals surface area contributed by atoms with Gasteiger partial charge in [-0.25, -0.2) is 22.3 Å². The number of carbonyl (C=O) groups is 2. The van der Waals surface area contributed by atoms with Gasteiger partial charge < -0.3 is 14.8 Å². The van der Waals surface area contributed by atoms with E-state index in [1.807, 2.05) is 0 Å². The molecule has 4 rings (SSSR count). The Bertz CT molecular complexity index is 1450. The number of aromatic nitrogens is 1. The zero-order valence-electron chi connectivity index (χ0n) is 26.6. The second-order valence-electron chi connectivity index (χ2n) is 13.8. The number of halogens is 1. The number of likely N-dealkylation sites (tertiary alicyclic amines) is 1. The Hall–Kier alpha value is -3.09. The lowest BCUT2D eigenvalue weighted by molar-refractivity contribution is -0.120. The smallest absolute Gasteiger partial charge is 0.411 e. The maximum Gasteiger partial charge on any atom is 0.411 e. The first-order chi connectivity index (χ1) is 20.5. The molecule has 12 heteroatoms. The van der Waals surface area contributed by atoms with Crippen LogP contribution in [0.15, 0.2) is 42.7 Å². The molecule has 242 valence electrons. The third kappa shape index (κ3) is 7.76. The molecule has 44 heavy (non-hydrogen) atoms. The van der Waals surface area contributed by atoms with Crippen LogP contribution in [-0.4, -0.2) is 66.5 Å². The number of ether oxygens (including phenoxy) is 2. The summed E-state index contributed by atoms with van der Waals surface area (Å²) < 4.78 is 55.6. The summed E-state index contributed by atoms with van der Waals surface area (Å²) in [6, 6.07) is 6.79. The van der Waals surface area contributed by atoms with Crippen LogP contribution in [0.25, 0.3) is 0 Å². The van der Waals surface area contributed by atoms with Crippen molar-refractivity contribution in [3.63, 3.8) is 0 Å². The number of sulfonamides is 1. The van der Waals surface area contributed by atoms with Crippen LogP contribution in [0, 0.1) is 11.7 Å². The Labute approximate surface area is 260 Å². The number of anilines is 1. The fraction of sp³-hybridized carbons (Fsp3) is 0.594. The molecular formula is C32H45FN4O6S. The van der Waals surface area contributed by atoms with Crippen LogP contribution in [0.1, 0.15) is 84.8 Å². The summed E-state index contributed by atoms with van der Waals surface area (Å²) >= 11 is 0. The number of pyridine rings is 1. The highest BCUT2D eigenvalue weighted by atomic mass is 32.2. The summed E-state index contributed by atoms with van der Waals surface area (Å²) in [5, 5.41) is 2.67. The van der Waals surface area contributed by atoms with Crippen LogP contribution in [0.2, 0.25) is 0 Å². The van der Waals surface area contributed by atoms with Gasteiger partial charge in [-0.2, -0.15) is 0 Å². The largest absolute Gasteiger partial charge is 0.444 e. The van der Waals surface area contributed by atoms with Crippen LogP contribution in [0.3, 0.4) is 0 Å². The molecule has 1 aliphatic carbocycles. The van der Waals surface area contributed by atoms with Gasteiger partial charge in [0.25, 0.3) is 0 Å². The third-order valence-electron chi connectivity index (χ3n) is 8.16. The fourth-order valence-electron chi connectivity index (χ4n) is 5.31.